The van der Waals surface area contributed by atoms with E-state index in [0.717, 1.165) is 36.0 Å². The molecule has 7 nitrogen and oxygen atoms in total. The van der Waals surface area contributed by atoms with Gasteiger partial charge in [-0.05, 0) is 26.2 Å². The molecule has 3 aromatic rings. The van der Waals surface area contributed by atoms with E-state index < -0.39 is 0 Å². The minimum atomic E-state index is 0.174. The fourth-order valence-electron chi connectivity index (χ4n) is 3.32. The number of hydrogen-bond acceptors (Lipinski definition) is 5. The first-order valence-electron chi connectivity index (χ1n) is 8.13. The van der Waals surface area contributed by atoms with Gasteiger partial charge >= 0.3 is 0 Å². The Morgan fingerprint density at radius 1 is 1.26 bits per heavy atom. The maximum Gasteiger partial charge on any atom is 0.164 e. The summed E-state index contributed by atoms with van der Waals surface area (Å²) >= 11 is 0. The third-order valence-electron chi connectivity index (χ3n) is 4.33. The van der Waals surface area contributed by atoms with Crippen LogP contribution in [0.4, 0.5) is 5.82 Å². The van der Waals surface area contributed by atoms with Crippen molar-refractivity contribution in [2.75, 3.05) is 5.73 Å². The van der Waals surface area contributed by atoms with Crippen LogP contribution in [-0.4, -0.2) is 29.5 Å². The van der Waals surface area contributed by atoms with E-state index in [4.69, 9.17) is 5.73 Å². The van der Waals surface area contributed by atoms with Crippen molar-refractivity contribution in [2.24, 2.45) is 7.05 Å². The molecule has 0 aliphatic heterocycles. The number of aryl methyl sites for hydroxylation is 2. The summed E-state index contributed by atoms with van der Waals surface area (Å²) in [4.78, 5) is 8.47. The zero-order valence-corrected chi connectivity index (χ0v) is 14.1. The first kappa shape index (κ1) is 15.5. The van der Waals surface area contributed by atoms with Crippen molar-refractivity contribution in [1.29, 1.82) is 0 Å². The second-order valence-electron chi connectivity index (χ2n) is 5.57. The Balaban J connectivity index is 0.000000753. The van der Waals surface area contributed by atoms with Crippen LogP contribution in [0, 0.1) is 6.92 Å². The van der Waals surface area contributed by atoms with Gasteiger partial charge in [0, 0.05) is 18.3 Å². The predicted molar refractivity (Wildman–Crippen MR) is 90.1 cm³/mol. The lowest BCUT2D eigenvalue weighted by atomic mass is 9.93. The number of nitrogen functional groups attached to an aromatic ring is 1. The van der Waals surface area contributed by atoms with Crippen LogP contribution in [0.15, 0.2) is 12.5 Å². The van der Waals surface area contributed by atoms with Crippen LogP contribution >= 0.6 is 0 Å². The number of nitrogens with zero attached hydrogens (tertiary/aromatic N) is 6. The Morgan fingerprint density at radius 3 is 2.83 bits per heavy atom. The topological polar surface area (TPSA) is 87.4 Å². The van der Waals surface area contributed by atoms with E-state index in [1.165, 1.54) is 17.6 Å². The van der Waals surface area contributed by atoms with Crippen molar-refractivity contribution in [3.63, 3.8) is 0 Å². The zero-order chi connectivity index (χ0) is 16.6. The molecule has 0 saturated carbocycles. The molecule has 3 heterocycles. The molecule has 1 atom stereocenters. The molecule has 4 rings (SSSR count). The Morgan fingerprint density at radius 2 is 2.04 bits per heavy atom. The zero-order valence-electron chi connectivity index (χ0n) is 14.1. The lowest BCUT2D eigenvalue weighted by Gasteiger charge is -2.23. The lowest BCUT2D eigenvalue weighted by molar-refractivity contribution is 0.451. The SMILES string of the molecule is CC.Cc1nn(C2CCCc3c2cnn3C)c2ncnc(N)c12. The van der Waals surface area contributed by atoms with Crippen molar-refractivity contribution < 1.29 is 0 Å². The van der Waals surface area contributed by atoms with Gasteiger partial charge in [-0.2, -0.15) is 10.2 Å². The highest BCUT2D eigenvalue weighted by Crippen LogP contribution is 2.34. The van der Waals surface area contributed by atoms with E-state index >= 15 is 0 Å². The van der Waals surface area contributed by atoms with Gasteiger partial charge in [0.1, 0.15) is 12.1 Å². The fourth-order valence-corrected chi connectivity index (χ4v) is 3.32. The largest absolute Gasteiger partial charge is 0.383 e. The van der Waals surface area contributed by atoms with Gasteiger partial charge in [-0.25, -0.2) is 14.6 Å². The third-order valence-corrected chi connectivity index (χ3v) is 4.33. The summed E-state index contributed by atoms with van der Waals surface area (Å²) in [7, 11) is 1.99. The second-order valence-corrected chi connectivity index (χ2v) is 5.57. The molecule has 7 heteroatoms. The van der Waals surface area contributed by atoms with Crippen LogP contribution in [0.1, 0.15) is 49.7 Å². The molecule has 122 valence electrons. The summed E-state index contributed by atoms with van der Waals surface area (Å²) in [6.45, 7) is 5.95. The highest BCUT2D eigenvalue weighted by molar-refractivity contribution is 5.88. The first-order valence-corrected chi connectivity index (χ1v) is 8.13. The highest BCUT2D eigenvalue weighted by Gasteiger charge is 2.28. The van der Waals surface area contributed by atoms with Crippen LogP contribution in [0.2, 0.25) is 0 Å². The van der Waals surface area contributed by atoms with Gasteiger partial charge in [0.2, 0.25) is 0 Å². The average Bonchev–Trinajstić information content (AvgIpc) is 3.11. The molecule has 0 bridgehead atoms. The van der Waals surface area contributed by atoms with E-state index in [1.807, 2.05) is 43.4 Å². The number of nitrogens with two attached hydrogens (primary N) is 1. The summed E-state index contributed by atoms with van der Waals surface area (Å²) in [5.41, 5.74) is 10.2. The number of aromatic nitrogens is 6. The smallest absolute Gasteiger partial charge is 0.164 e. The molecular weight excluding hydrogens is 290 g/mol. The normalized spacial score (nSPS) is 16.8. The molecule has 0 radical (unpaired) electrons. The minimum absolute atomic E-state index is 0.174. The maximum absolute atomic E-state index is 5.98. The van der Waals surface area contributed by atoms with Crippen molar-refractivity contribution in [1.82, 2.24) is 29.5 Å². The summed E-state index contributed by atoms with van der Waals surface area (Å²) in [6, 6.07) is 0.174. The van der Waals surface area contributed by atoms with Crippen molar-refractivity contribution in [3.8, 4) is 0 Å². The van der Waals surface area contributed by atoms with Gasteiger partial charge in [0.05, 0.1) is 23.3 Å². The Bertz CT molecular complexity index is 830. The Hall–Kier alpha value is -2.44. The van der Waals surface area contributed by atoms with Gasteiger partial charge in [-0.15, -0.1) is 0 Å². The number of anilines is 1. The quantitative estimate of drug-likeness (QED) is 0.745. The molecular formula is C16H23N7. The molecule has 2 N–H and O–H groups in total. The minimum Gasteiger partial charge on any atom is -0.383 e. The standard InChI is InChI=1S/C14H17N7.C2H6/c1-8-12-13(15)16-7-17-14(12)21(19-8)11-5-3-4-10-9(11)6-18-20(10)2;1-2/h6-7,11H,3-5H2,1-2H3,(H2,15,16,17);1-2H3. The number of fused-ring (bicyclic) bond motifs is 2. The summed E-state index contributed by atoms with van der Waals surface area (Å²) in [6.07, 6.45) is 6.68. The predicted octanol–water partition coefficient (Wildman–Crippen LogP) is 2.40. The molecule has 1 aliphatic rings. The van der Waals surface area contributed by atoms with Crippen LogP contribution in [-0.2, 0) is 13.5 Å². The molecule has 23 heavy (non-hydrogen) atoms. The van der Waals surface area contributed by atoms with Crippen molar-refractivity contribution in [2.45, 2.75) is 46.1 Å². The summed E-state index contributed by atoms with van der Waals surface area (Å²) in [5.74, 6) is 0.492. The van der Waals surface area contributed by atoms with Gasteiger partial charge in [0.15, 0.2) is 5.65 Å². The van der Waals surface area contributed by atoms with Crippen LogP contribution in [0.3, 0.4) is 0 Å². The van der Waals surface area contributed by atoms with Crippen molar-refractivity contribution in [3.05, 3.63) is 29.5 Å². The molecule has 0 aromatic carbocycles. The van der Waals surface area contributed by atoms with E-state index in [9.17, 15) is 0 Å². The maximum atomic E-state index is 5.98. The van der Waals surface area contributed by atoms with Crippen molar-refractivity contribution >= 4 is 16.9 Å². The van der Waals surface area contributed by atoms with Gasteiger partial charge in [0.25, 0.3) is 0 Å². The van der Waals surface area contributed by atoms with E-state index in [1.54, 1.807) is 0 Å². The van der Waals surface area contributed by atoms with E-state index in [-0.39, 0.29) is 6.04 Å². The second kappa shape index (κ2) is 5.98. The fraction of sp³-hybridized carbons (Fsp3) is 0.500. The summed E-state index contributed by atoms with van der Waals surface area (Å²) in [5, 5.41) is 9.93. The molecule has 1 aliphatic carbocycles. The number of rotatable bonds is 1. The van der Waals surface area contributed by atoms with Crippen LogP contribution in [0.25, 0.3) is 11.0 Å². The highest BCUT2D eigenvalue weighted by atomic mass is 15.3. The molecule has 0 spiro atoms. The van der Waals surface area contributed by atoms with Gasteiger partial charge < -0.3 is 5.73 Å². The van der Waals surface area contributed by atoms with Gasteiger partial charge in [-0.1, -0.05) is 13.8 Å². The Labute approximate surface area is 135 Å². The molecule has 1 unspecified atom stereocenters. The monoisotopic (exact) mass is 313 g/mol. The first-order chi connectivity index (χ1) is 11.2. The van der Waals surface area contributed by atoms with E-state index in [2.05, 4.69) is 20.2 Å². The third kappa shape index (κ3) is 2.36. The molecule has 3 aromatic heterocycles. The Kier molecular flexibility index (Phi) is 4.02. The van der Waals surface area contributed by atoms with Crippen LogP contribution in [0.5, 0.6) is 0 Å². The lowest BCUT2D eigenvalue weighted by Crippen LogP contribution is -2.19. The number of hydrogen-bond donors (Lipinski definition) is 1. The molecule has 0 fully saturated rings. The van der Waals surface area contributed by atoms with Gasteiger partial charge in [-0.3, -0.25) is 4.68 Å². The molecule has 0 saturated heterocycles. The summed E-state index contributed by atoms with van der Waals surface area (Å²) < 4.78 is 3.95. The molecule has 0 amide bonds. The van der Waals surface area contributed by atoms with E-state index in [0.29, 0.717) is 5.82 Å². The van der Waals surface area contributed by atoms with Crippen LogP contribution < -0.4 is 5.73 Å². The average molecular weight is 313 g/mol.